The summed E-state index contributed by atoms with van der Waals surface area (Å²) < 4.78 is 0. The van der Waals surface area contributed by atoms with Gasteiger partial charge in [-0.05, 0) is 37.8 Å². The second kappa shape index (κ2) is 5.11. The van der Waals surface area contributed by atoms with Crippen LogP contribution in [-0.4, -0.2) is 29.9 Å². The summed E-state index contributed by atoms with van der Waals surface area (Å²) in [6.07, 6.45) is 1.05. The zero-order valence-corrected chi connectivity index (χ0v) is 11.4. The van der Waals surface area contributed by atoms with Crippen LogP contribution < -0.4 is 5.73 Å². The molecule has 1 aliphatic rings. The molecule has 0 aliphatic carbocycles. The molecule has 2 atom stereocenters. The van der Waals surface area contributed by atoms with Gasteiger partial charge in [-0.3, -0.25) is 4.79 Å². The third-order valence-corrected chi connectivity index (χ3v) is 4.00. The number of carbonyl (C=O) groups excluding carboxylic acids is 1. The monoisotopic (exact) mass is 246 g/mol. The second-order valence-corrected chi connectivity index (χ2v) is 5.39. The van der Waals surface area contributed by atoms with E-state index in [1.165, 1.54) is 5.56 Å². The number of nitrogens with zero attached hydrogens (tertiary/aromatic N) is 1. The molecule has 2 N–H and O–H groups in total. The van der Waals surface area contributed by atoms with Gasteiger partial charge < -0.3 is 10.6 Å². The van der Waals surface area contributed by atoms with Crippen molar-refractivity contribution in [3.8, 4) is 0 Å². The lowest BCUT2D eigenvalue weighted by Gasteiger charge is -2.26. The molecule has 1 aromatic rings. The van der Waals surface area contributed by atoms with Crippen LogP contribution in [0.1, 0.15) is 34.8 Å². The van der Waals surface area contributed by atoms with Crippen LogP contribution in [0.25, 0.3) is 0 Å². The van der Waals surface area contributed by atoms with E-state index in [1.807, 2.05) is 30.9 Å². The first-order valence-corrected chi connectivity index (χ1v) is 6.63. The van der Waals surface area contributed by atoms with Gasteiger partial charge in [-0.2, -0.15) is 0 Å². The molecular formula is C15H22N2O. The highest BCUT2D eigenvalue weighted by atomic mass is 16.2. The smallest absolute Gasteiger partial charge is 0.254 e. The molecule has 1 amide bonds. The topological polar surface area (TPSA) is 46.3 Å². The molecule has 1 saturated heterocycles. The van der Waals surface area contributed by atoms with Crippen molar-refractivity contribution in [2.45, 2.75) is 33.2 Å². The van der Waals surface area contributed by atoms with E-state index in [-0.39, 0.29) is 11.9 Å². The quantitative estimate of drug-likeness (QED) is 0.868. The molecule has 18 heavy (non-hydrogen) atoms. The fraction of sp³-hybridized carbons (Fsp3) is 0.533. The standard InChI is InChI=1S/C15H22N2O/c1-10-4-5-13(12(3)8-10)15(18)17-7-6-11(2)14(17)9-16/h4-5,8,11,14H,6-7,9,16H2,1-3H3. The number of rotatable bonds is 2. The molecule has 3 nitrogen and oxygen atoms in total. The van der Waals surface area contributed by atoms with E-state index < -0.39 is 0 Å². The molecule has 2 rings (SSSR count). The first kappa shape index (κ1) is 13.1. The van der Waals surface area contributed by atoms with Crippen molar-refractivity contribution >= 4 is 5.91 Å². The van der Waals surface area contributed by atoms with E-state index in [0.717, 1.165) is 24.1 Å². The fourth-order valence-electron chi connectivity index (χ4n) is 2.83. The zero-order valence-electron chi connectivity index (χ0n) is 11.4. The molecule has 0 saturated carbocycles. The Labute approximate surface area is 109 Å². The van der Waals surface area contributed by atoms with Gasteiger partial charge in [0.1, 0.15) is 0 Å². The molecule has 0 bridgehead atoms. The molecule has 0 radical (unpaired) electrons. The molecule has 1 aromatic carbocycles. The normalized spacial score (nSPS) is 23.4. The van der Waals surface area contributed by atoms with E-state index in [9.17, 15) is 4.79 Å². The summed E-state index contributed by atoms with van der Waals surface area (Å²) in [5, 5.41) is 0. The summed E-state index contributed by atoms with van der Waals surface area (Å²) in [5.41, 5.74) is 8.85. The van der Waals surface area contributed by atoms with Crippen molar-refractivity contribution in [3.63, 3.8) is 0 Å². The number of likely N-dealkylation sites (tertiary alicyclic amines) is 1. The lowest BCUT2D eigenvalue weighted by atomic mass is 10.0. The van der Waals surface area contributed by atoms with Gasteiger partial charge in [0, 0.05) is 24.7 Å². The van der Waals surface area contributed by atoms with Gasteiger partial charge in [0.2, 0.25) is 0 Å². The highest BCUT2D eigenvalue weighted by Crippen LogP contribution is 2.26. The summed E-state index contributed by atoms with van der Waals surface area (Å²) in [6, 6.07) is 6.18. The van der Waals surface area contributed by atoms with Crippen molar-refractivity contribution < 1.29 is 4.79 Å². The summed E-state index contributed by atoms with van der Waals surface area (Å²) in [6.45, 7) is 7.60. The van der Waals surface area contributed by atoms with Crippen molar-refractivity contribution in [1.82, 2.24) is 4.90 Å². The average Bonchev–Trinajstić information content (AvgIpc) is 2.69. The van der Waals surface area contributed by atoms with E-state index in [4.69, 9.17) is 5.73 Å². The maximum Gasteiger partial charge on any atom is 0.254 e. The predicted molar refractivity (Wildman–Crippen MR) is 73.6 cm³/mol. The molecule has 0 spiro atoms. The van der Waals surface area contributed by atoms with Gasteiger partial charge in [-0.25, -0.2) is 0 Å². The highest BCUT2D eigenvalue weighted by molar-refractivity contribution is 5.96. The van der Waals surface area contributed by atoms with Crippen molar-refractivity contribution in [1.29, 1.82) is 0 Å². The minimum absolute atomic E-state index is 0.132. The Morgan fingerprint density at radius 1 is 1.44 bits per heavy atom. The molecule has 0 aromatic heterocycles. The molecule has 1 fully saturated rings. The van der Waals surface area contributed by atoms with E-state index in [2.05, 4.69) is 13.0 Å². The van der Waals surface area contributed by atoms with Crippen LogP contribution in [0.3, 0.4) is 0 Å². The van der Waals surface area contributed by atoms with E-state index in [0.29, 0.717) is 12.5 Å². The summed E-state index contributed by atoms with van der Waals surface area (Å²) in [4.78, 5) is 14.5. The first-order valence-electron chi connectivity index (χ1n) is 6.63. The van der Waals surface area contributed by atoms with Gasteiger partial charge >= 0.3 is 0 Å². The van der Waals surface area contributed by atoms with Crippen LogP contribution in [0.2, 0.25) is 0 Å². The Hall–Kier alpha value is -1.35. The molecule has 1 aliphatic heterocycles. The SMILES string of the molecule is Cc1ccc(C(=O)N2CCC(C)C2CN)c(C)c1. The number of amides is 1. The Morgan fingerprint density at radius 2 is 2.17 bits per heavy atom. The Balaban J connectivity index is 2.26. The second-order valence-electron chi connectivity index (χ2n) is 5.39. The maximum atomic E-state index is 12.6. The van der Waals surface area contributed by atoms with Crippen molar-refractivity contribution in [3.05, 3.63) is 34.9 Å². The van der Waals surface area contributed by atoms with Crippen LogP contribution in [0.5, 0.6) is 0 Å². The lowest BCUT2D eigenvalue weighted by Crippen LogP contribution is -2.42. The number of aryl methyl sites for hydroxylation is 2. The number of nitrogens with two attached hydrogens (primary N) is 1. The fourth-order valence-corrected chi connectivity index (χ4v) is 2.83. The molecule has 98 valence electrons. The van der Waals surface area contributed by atoms with Gasteiger partial charge in [0.15, 0.2) is 0 Å². The number of carbonyl (C=O) groups is 1. The average molecular weight is 246 g/mol. The minimum Gasteiger partial charge on any atom is -0.334 e. The molecule has 3 heteroatoms. The Kier molecular flexibility index (Phi) is 3.71. The number of hydrogen-bond acceptors (Lipinski definition) is 2. The Bertz CT molecular complexity index is 456. The van der Waals surface area contributed by atoms with Crippen LogP contribution >= 0.6 is 0 Å². The summed E-state index contributed by atoms with van der Waals surface area (Å²) in [5.74, 6) is 0.636. The largest absolute Gasteiger partial charge is 0.334 e. The predicted octanol–water partition coefficient (Wildman–Crippen LogP) is 2.11. The molecular weight excluding hydrogens is 224 g/mol. The third kappa shape index (κ3) is 2.27. The van der Waals surface area contributed by atoms with Crippen molar-refractivity contribution in [2.24, 2.45) is 11.7 Å². The van der Waals surface area contributed by atoms with E-state index >= 15 is 0 Å². The summed E-state index contributed by atoms with van der Waals surface area (Å²) >= 11 is 0. The van der Waals surface area contributed by atoms with Crippen LogP contribution in [0.4, 0.5) is 0 Å². The van der Waals surface area contributed by atoms with Crippen molar-refractivity contribution in [2.75, 3.05) is 13.1 Å². The van der Waals surface area contributed by atoms with Gasteiger partial charge in [0.25, 0.3) is 5.91 Å². The number of hydrogen-bond donors (Lipinski definition) is 1. The maximum absolute atomic E-state index is 12.6. The lowest BCUT2D eigenvalue weighted by molar-refractivity contribution is 0.0726. The van der Waals surface area contributed by atoms with Crippen LogP contribution in [0.15, 0.2) is 18.2 Å². The molecule has 1 heterocycles. The minimum atomic E-state index is 0.132. The van der Waals surface area contributed by atoms with Crippen LogP contribution in [-0.2, 0) is 0 Å². The first-order chi connectivity index (χ1) is 8.54. The van der Waals surface area contributed by atoms with E-state index in [1.54, 1.807) is 0 Å². The zero-order chi connectivity index (χ0) is 13.3. The van der Waals surface area contributed by atoms with Gasteiger partial charge in [0.05, 0.1) is 0 Å². The molecule has 2 unspecified atom stereocenters. The van der Waals surface area contributed by atoms with Crippen LogP contribution in [0, 0.1) is 19.8 Å². The third-order valence-electron chi connectivity index (χ3n) is 4.00. The summed E-state index contributed by atoms with van der Waals surface area (Å²) in [7, 11) is 0. The Morgan fingerprint density at radius 3 is 2.78 bits per heavy atom. The highest BCUT2D eigenvalue weighted by Gasteiger charge is 2.34. The van der Waals surface area contributed by atoms with Gasteiger partial charge in [-0.15, -0.1) is 0 Å². The van der Waals surface area contributed by atoms with Gasteiger partial charge in [-0.1, -0.05) is 24.6 Å². The number of benzene rings is 1.